The first-order chi connectivity index (χ1) is 9.13. The zero-order valence-corrected chi connectivity index (χ0v) is 12.7. The van der Waals surface area contributed by atoms with Gasteiger partial charge in [0.1, 0.15) is 5.41 Å². The fraction of sp³-hybridized carbons (Fsp3) is 0.875. The molecule has 0 spiro atoms. The first kappa shape index (κ1) is 16.0. The molecule has 1 aliphatic rings. The van der Waals surface area contributed by atoms with Crippen LogP contribution in [0.2, 0.25) is 0 Å². The smallest absolute Gasteiger partial charge is 0.243 e. The summed E-state index contributed by atoms with van der Waals surface area (Å²) in [4.78, 5) is 14.7. The SMILES string of the molecule is CCCC(C#N)(CCC)C(=O)N(CC)CC1CCC1. The van der Waals surface area contributed by atoms with Gasteiger partial charge in [0.25, 0.3) is 0 Å². The summed E-state index contributed by atoms with van der Waals surface area (Å²) < 4.78 is 0. The van der Waals surface area contributed by atoms with Crippen molar-refractivity contribution >= 4 is 5.91 Å². The van der Waals surface area contributed by atoms with Gasteiger partial charge in [0.15, 0.2) is 0 Å². The van der Waals surface area contributed by atoms with Crippen molar-refractivity contribution in [1.29, 1.82) is 5.26 Å². The maximum absolute atomic E-state index is 12.8. The molecule has 0 aliphatic heterocycles. The highest BCUT2D eigenvalue weighted by atomic mass is 16.2. The van der Waals surface area contributed by atoms with Gasteiger partial charge in [-0.05, 0) is 38.5 Å². The number of hydrogen-bond donors (Lipinski definition) is 0. The normalized spacial score (nSPS) is 15.7. The molecule has 1 fully saturated rings. The number of amides is 1. The molecule has 1 saturated carbocycles. The van der Waals surface area contributed by atoms with Crippen LogP contribution in [0.5, 0.6) is 0 Å². The van der Waals surface area contributed by atoms with E-state index in [4.69, 9.17) is 0 Å². The predicted molar refractivity (Wildman–Crippen MR) is 77.5 cm³/mol. The third kappa shape index (κ3) is 3.72. The van der Waals surface area contributed by atoms with E-state index in [0.29, 0.717) is 18.8 Å². The third-order valence-corrected chi connectivity index (χ3v) is 4.35. The summed E-state index contributed by atoms with van der Waals surface area (Å²) in [6, 6.07) is 2.35. The number of nitriles is 1. The second kappa shape index (κ2) is 7.53. The largest absolute Gasteiger partial charge is 0.341 e. The van der Waals surface area contributed by atoms with Crippen LogP contribution in [0.15, 0.2) is 0 Å². The number of rotatable bonds is 8. The Kier molecular flexibility index (Phi) is 6.34. The Morgan fingerprint density at radius 2 is 1.84 bits per heavy atom. The summed E-state index contributed by atoms with van der Waals surface area (Å²) in [5.74, 6) is 0.747. The summed E-state index contributed by atoms with van der Waals surface area (Å²) in [5, 5.41) is 9.56. The molecule has 0 N–H and O–H groups in total. The lowest BCUT2D eigenvalue weighted by atomic mass is 9.78. The zero-order chi connectivity index (χ0) is 14.3. The van der Waals surface area contributed by atoms with Crippen LogP contribution in [-0.4, -0.2) is 23.9 Å². The summed E-state index contributed by atoms with van der Waals surface area (Å²) in [7, 11) is 0. The van der Waals surface area contributed by atoms with E-state index in [2.05, 4.69) is 19.9 Å². The lowest BCUT2D eigenvalue weighted by Crippen LogP contribution is -2.46. The van der Waals surface area contributed by atoms with Gasteiger partial charge in [-0.15, -0.1) is 0 Å². The number of nitrogens with zero attached hydrogens (tertiary/aromatic N) is 2. The highest BCUT2D eigenvalue weighted by Gasteiger charge is 2.40. The zero-order valence-electron chi connectivity index (χ0n) is 12.7. The lowest BCUT2D eigenvalue weighted by Gasteiger charge is -2.36. The summed E-state index contributed by atoms with van der Waals surface area (Å²) >= 11 is 0. The second-order valence-electron chi connectivity index (χ2n) is 5.83. The van der Waals surface area contributed by atoms with Crippen molar-refractivity contribution in [2.75, 3.05) is 13.1 Å². The molecule has 0 radical (unpaired) electrons. The highest BCUT2D eigenvalue weighted by Crippen LogP contribution is 2.33. The van der Waals surface area contributed by atoms with E-state index in [9.17, 15) is 10.1 Å². The molecule has 0 aromatic carbocycles. The third-order valence-electron chi connectivity index (χ3n) is 4.35. The molecule has 0 saturated heterocycles. The van der Waals surface area contributed by atoms with Gasteiger partial charge in [-0.3, -0.25) is 4.79 Å². The van der Waals surface area contributed by atoms with Crippen molar-refractivity contribution in [2.24, 2.45) is 11.3 Å². The van der Waals surface area contributed by atoms with E-state index in [1.54, 1.807) is 0 Å². The van der Waals surface area contributed by atoms with Crippen LogP contribution in [-0.2, 0) is 4.79 Å². The molecular formula is C16H28N2O. The van der Waals surface area contributed by atoms with Crippen molar-refractivity contribution in [1.82, 2.24) is 4.90 Å². The minimum Gasteiger partial charge on any atom is -0.341 e. The van der Waals surface area contributed by atoms with Crippen LogP contribution in [0.1, 0.15) is 65.7 Å². The van der Waals surface area contributed by atoms with E-state index < -0.39 is 5.41 Å². The van der Waals surface area contributed by atoms with Gasteiger partial charge >= 0.3 is 0 Å². The van der Waals surface area contributed by atoms with Crippen LogP contribution < -0.4 is 0 Å². The predicted octanol–water partition coefficient (Wildman–Crippen LogP) is 3.75. The average molecular weight is 264 g/mol. The molecule has 3 nitrogen and oxygen atoms in total. The summed E-state index contributed by atoms with van der Waals surface area (Å²) in [5.41, 5.74) is -0.775. The van der Waals surface area contributed by atoms with Gasteiger partial charge in [0.2, 0.25) is 5.91 Å². The van der Waals surface area contributed by atoms with Gasteiger partial charge in [0.05, 0.1) is 6.07 Å². The molecule has 1 rings (SSSR count). The number of carbonyl (C=O) groups is 1. The van der Waals surface area contributed by atoms with Crippen molar-refractivity contribution < 1.29 is 4.79 Å². The van der Waals surface area contributed by atoms with Crippen LogP contribution in [0, 0.1) is 22.7 Å². The molecule has 0 heterocycles. The molecule has 0 atom stereocenters. The van der Waals surface area contributed by atoms with Gasteiger partial charge in [-0.1, -0.05) is 33.1 Å². The van der Waals surface area contributed by atoms with Gasteiger partial charge < -0.3 is 4.90 Å². The first-order valence-corrected chi connectivity index (χ1v) is 7.84. The van der Waals surface area contributed by atoms with E-state index in [0.717, 1.165) is 25.9 Å². The van der Waals surface area contributed by atoms with Gasteiger partial charge in [-0.25, -0.2) is 0 Å². The molecule has 0 bridgehead atoms. The Labute approximate surface area is 118 Å². The number of hydrogen-bond acceptors (Lipinski definition) is 2. The van der Waals surface area contributed by atoms with E-state index in [-0.39, 0.29) is 5.91 Å². The van der Waals surface area contributed by atoms with Crippen molar-refractivity contribution in [3.8, 4) is 6.07 Å². The lowest BCUT2D eigenvalue weighted by molar-refractivity contribution is -0.140. The Morgan fingerprint density at radius 1 is 1.26 bits per heavy atom. The summed E-state index contributed by atoms with van der Waals surface area (Å²) in [6.45, 7) is 7.71. The van der Waals surface area contributed by atoms with Gasteiger partial charge in [0, 0.05) is 13.1 Å². The second-order valence-corrected chi connectivity index (χ2v) is 5.83. The molecule has 108 valence electrons. The quantitative estimate of drug-likeness (QED) is 0.670. The van der Waals surface area contributed by atoms with E-state index in [1.807, 2.05) is 11.8 Å². The summed E-state index contributed by atoms with van der Waals surface area (Å²) in [6.07, 6.45) is 6.94. The van der Waals surface area contributed by atoms with Crippen LogP contribution >= 0.6 is 0 Å². The first-order valence-electron chi connectivity index (χ1n) is 7.84. The molecular weight excluding hydrogens is 236 g/mol. The minimum atomic E-state index is -0.775. The number of carbonyl (C=O) groups excluding carboxylic acids is 1. The molecule has 3 heteroatoms. The fourth-order valence-electron chi connectivity index (χ4n) is 3.00. The van der Waals surface area contributed by atoms with Gasteiger partial charge in [-0.2, -0.15) is 5.26 Å². The van der Waals surface area contributed by atoms with E-state index >= 15 is 0 Å². The Balaban J connectivity index is 2.79. The van der Waals surface area contributed by atoms with Crippen LogP contribution in [0.25, 0.3) is 0 Å². The van der Waals surface area contributed by atoms with Crippen molar-refractivity contribution in [3.05, 3.63) is 0 Å². The Bertz CT molecular complexity index is 322. The van der Waals surface area contributed by atoms with Crippen LogP contribution in [0.4, 0.5) is 0 Å². The molecule has 1 amide bonds. The standard InChI is InChI=1S/C16H28N2O/c1-4-10-16(13-17,11-5-2)15(19)18(6-3)12-14-8-7-9-14/h14H,4-12H2,1-3H3. The monoisotopic (exact) mass is 264 g/mol. The van der Waals surface area contributed by atoms with Crippen molar-refractivity contribution in [3.63, 3.8) is 0 Å². The average Bonchev–Trinajstić information content (AvgIpc) is 2.36. The Morgan fingerprint density at radius 3 is 2.16 bits per heavy atom. The highest BCUT2D eigenvalue weighted by molar-refractivity contribution is 5.85. The van der Waals surface area contributed by atoms with Crippen molar-refractivity contribution in [2.45, 2.75) is 65.7 Å². The minimum absolute atomic E-state index is 0.0769. The van der Waals surface area contributed by atoms with Crippen LogP contribution in [0.3, 0.4) is 0 Å². The Hall–Kier alpha value is -1.04. The molecule has 0 unspecified atom stereocenters. The molecule has 1 aliphatic carbocycles. The fourth-order valence-corrected chi connectivity index (χ4v) is 3.00. The van der Waals surface area contributed by atoms with E-state index in [1.165, 1.54) is 19.3 Å². The molecule has 19 heavy (non-hydrogen) atoms. The molecule has 0 aromatic heterocycles. The topological polar surface area (TPSA) is 44.1 Å². The maximum atomic E-state index is 12.8. The maximum Gasteiger partial charge on any atom is 0.243 e. The molecule has 0 aromatic rings.